The van der Waals surface area contributed by atoms with Crippen LogP contribution in [0.2, 0.25) is 0 Å². The van der Waals surface area contributed by atoms with Crippen molar-refractivity contribution < 1.29 is 14.2 Å². The zero-order chi connectivity index (χ0) is 14.1. The molecule has 1 unspecified atom stereocenters. The minimum atomic E-state index is 0.569. The number of hydrogen-bond donors (Lipinski definition) is 1. The van der Waals surface area contributed by atoms with Crippen molar-refractivity contribution in [1.29, 1.82) is 0 Å². The Morgan fingerprint density at radius 1 is 1.24 bits per heavy atom. The zero-order valence-electron chi connectivity index (χ0n) is 11.8. The molecule has 2 aromatic rings. The molecule has 1 atom stereocenters. The van der Waals surface area contributed by atoms with Gasteiger partial charge in [0.15, 0.2) is 11.5 Å². The lowest BCUT2D eigenvalue weighted by Crippen LogP contribution is -2.16. The molecule has 5 nitrogen and oxygen atoms in total. The number of nitrogens with one attached hydrogen (secondary N) is 1. The molecular formula is C16H18N2O3. The van der Waals surface area contributed by atoms with Crippen LogP contribution >= 0.6 is 0 Å². The van der Waals surface area contributed by atoms with Crippen LogP contribution < -0.4 is 19.5 Å². The molecular weight excluding hydrogens is 268 g/mol. The molecule has 5 heteroatoms. The molecule has 110 valence electrons. The van der Waals surface area contributed by atoms with Crippen LogP contribution in [0, 0.1) is 5.92 Å². The highest BCUT2D eigenvalue weighted by Gasteiger charge is 2.18. The van der Waals surface area contributed by atoms with E-state index in [4.69, 9.17) is 14.2 Å². The summed E-state index contributed by atoms with van der Waals surface area (Å²) in [7, 11) is 0. The zero-order valence-corrected chi connectivity index (χ0v) is 11.8. The highest BCUT2D eigenvalue weighted by atomic mass is 16.6. The summed E-state index contributed by atoms with van der Waals surface area (Å²) in [6.45, 7) is 3.99. The average Bonchev–Trinajstić information content (AvgIpc) is 3.04. The second-order valence-electron chi connectivity index (χ2n) is 5.50. The van der Waals surface area contributed by atoms with E-state index in [2.05, 4.69) is 10.3 Å². The third kappa shape index (κ3) is 2.49. The predicted molar refractivity (Wildman–Crippen MR) is 79.2 cm³/mol. The quantitative estimate of drug-likeness (QED) is 0.935. The molecule has 1 aromatic carbocycles. The number of pyridine rings is 1. The van der Waals surface area contributed by atoms with Crippen molar-refractivity contribution in [3.8, 4) is 17.4 Å². The van der Waals surface area contributed by atoms with Gasteiger partial charge in [0, 0.05) is 24.0 Å². The topological polar surface area (TPSA) is 52.6 Å². The summed E-state index contributed by atoms with van der Waals surface area (Å²) in [4.78, 5) is 4.38. The van der Waals surface area contributed by atoms with Crippen LogP contribution in [0.15, 0.2) is 24.4 Å². The molecule has 1 fully saturated rings. The lowest BCUT2D eigenvalue weighted by Gasteiger charge is -2.19. The van der Waals surface area contributed by atoms with Crippen LogP contribution in [-0.4, -0.2) is 37.9 Å². The van der Waals surface area contributed by atoms with Crippen molar-refractivity contribution in [3.05, 3.63) is 24.4 Å². The maximum absolute atomic E-state index is 5.95. The van der Waals surface area contributed by atoms with Gasteiger partial charge in [-0.25, -0.2) is 4.98 Å². The van der Waals surface area contributed by atoms with E-state index >= 15 is 0 Å². The largest absolute Gasteiger partial charge is 0.486 e. The summed E-state index contributed by atoms with van der Waals surface area (Å²) in [5, 5.41) is 5.39. The maximum Gasteiger partial charge on any atom is 0.221 e. The molecule has 0 amide bonds. The van der Waals surface area contributed by atoms with Gasteiger partial charge in [0.2, 0.25) is 5.88 Å². The molecule has 0 saturated carbocycles. The standard InChI is InChI=1S/C16H18N2O3/c1-3-17-9-11(1)10-21-16-13-8-15-14(19-5-6-20-15)7-12(13)2-4-18-16/h2,4,7-8,11,17H,1,3,5-6,9-10H2. The Balaban J connectivity index is 1.64. The highest BCUT2D eigenvalue weighted by Crippen LogP contribution is 2.37. The van der Waals surface area contributed by atoms with Crippen LogP contribution in [0.3, 0.4) is 0 Å². The molecule has 3 heterocycles. The maximum atomic E-state index is 5.95. The predicted octanol–water partition coefficient (Wildman–Crippen LogP) is 1.99. The van der Waals surface area contributed by atoms with Crippen molar-refractivity contribution in [3.63, 3.8) is 0 Å². The minimum absolute atomic E-state index is 0.569. The summed E-state index contributed by atoms with van der Waals surface area (Å²) in [5.41, 5.74) is 0. The van der Waals surface area contributed by atoms with Gasteiger partial charge in [-0.3, -0.25) is 0 Å². The molecule has 1 aromatic heterocycles. The number of aromatic nitrogens is 1. The number of nitrogens with zero attached hydrogens (tertiary/aromatic N) is 1. The van der Waals surface area contributed by atoms with Gasteiger partial charge < -0.3 is 19.5 Å². The van der Waals surface area contributed by atoms with Crippen LogP contribution in [-0.2, 0) is 0 Å². The highest BCUT2D eigenvalue weighted by molar-refractivity contribution is 5.89. The molecule has 2 aliphatic rings. The van der Waals surface area contributed by atoms with Crippen molar-refractivity contribution >= 4 is 10.8 Å². The smallest absolute Gasteiger partial charge is 0.221 e. The molecule has 0 spiro atoms. The summed E-state index contributed by atoms with van der Waals surface area (Å²) in [6, 6.07) is 5.94. The van der Waals surface area contributed by atoms with E-state index in [0.29, 0.717) is 31.6 Å². The van der Waals surface area contributed by atoms with Crippen LogP contribution in [0.4, 0.5) is 0 Å². The monoisotopic (exact) mass is 286 g/mol. The minimum Gasteiger partial charge on any atom is -0.486 e. The first-order chi connectivity index (χ1) is 10.4. The van der Waals surface area contributed by atoms with E-state index in [1.807, 2.05) is 18.2 Å². The van der Waals surface area contributed by atoms with Gasteiger partial charge in [0.05, 0.1) is 6.61 Å². The lowest BCUT2D eigenvalue weighted by atomic mass is 10.1. The first-order valence-electron chi connectivity index (χ1n) is 7.42. The van der Waals surface area contributed by atoms with Crippen molar-refractivity contribution in [1.82, 2.24) is 10.3 Å². The van der Waals surface area contributed by atoms with Crippen LogP contribution in [0.1, 0.15) is 6.42 Å². The molecule has 21 heavy (non-hydrogen) atoms. The fraction of sp³-hybridized carbons (Fsp3) is 0.438. The number of hydrogen-bond acceptors (Lipinski definition) is 5. The molecule has 0 aliphatic carbocycles. The lowest BCUT2D eigenvalue weighted by molar-refractivity contribution is 0.172. The molecule has 1 saturated heterocycles. The van der Waals surface area contributed by atoms with E-state index in [-0.39, 0.29) is 0 Å². The van der Waals surface area contributed by atoms with Gasteiger partial charge in [0.1, 0.15) is 13.2 Å². The van der Waals surface area contributed by atoms with E-state index in [0.717, 1.165) is 41.8 Å². The van der Waals surface area contributed by atoms with Crippen molar-refractivity contribution in [2.24, 2.45) is 5.92 Å². The fourth-order valence-corrected chi connectivity index (χ4v) is 2.85. The summed E-state index contributed by atoms with van der Waals surface area (Å²) in [6.07, 6.45) is 2.94. The third-order valence-electron chi connectivity index (χ3n) is 4.01. The van der Waals surface area contributed by atoms with Crippen molar-refractivity contribution in [2.75, 3.05) is 32.9 Å². The number of benzene rings is 1. The Morgan fingerprint density at radius 3 is 2.90 bits per heavy atom. The van der Waals surface area contributed by atoms with E-state index in [1.54, 1.807) is 6.20 Å². The van der Waals surface area contributed by atoms with Crippen molar-refractivity contribution in [2.45, 2.75) is 6.42 Å². The van der Waals surface area contributed by atoms with Crippen LogP contribution in [0.25, 0.3) is 10.8 Å². The molecule has 0 bridgehead atoms. The Kier molecular flexibility index (Phi) is 3.27. The second kappa shape index (κ2) is 5.41. The van der Waals surface area contributed by atoms with Gasteiger partial charge in [-0.2, -0.15) is 0 Å². The second-order valence-corrected chi connectivity index (χ2v) is 5.50. The first kappa shape index (κ1) is 12.7. The van der Waals surface area contributed by atoms with Gasteiger partial charge in [0.25, 0.3) is 0 Å². The normalized spacial score (nSPS) is 20.7. The Morgan fingerprint density at radius 2 is 2.10 bits per heavy atom. The number of ether oxygens (including phenoxy) is 3. The van der Waals surface area contributed by atoms with E-state index < -0.39 is 0 Å². The Bertz CT molecular complexity index is 653. The SMILES string of the molecule is c1cc2cc3c(cc2c(OCC2CCNC2)n1)OCCO3. The number of fused-ring (bicyclic) bond motifs is 2. The molecule has 0 radical (unpaired) electrons. The van der Waals surface area contributed by atoms with Crippen LogP contribution in [0.5, 0.6) is 17.4 Å². The summed E-state index contributed by atoms with van der Waals surface area (Å²) in [5.74, 6) is 2.82. The third-order valence-corrected chi connectivity index (χ3v) is 4.01. The van der Waals surface area contributed by atoms with Gasteiger partial charge in [-0.15, -0.1) is 0 Å². The summed E-state index contributed by atoms with van der Waals surface area (Å²) < 4.78 is 17.2. The Hall–Kier alpha value is -2.01. The molecule has 2 aliphatic heterocycles. The Labute approximate surface area is 123 Å². The fourth-order valence-electron chi connectivity index (χ4n) is 2.85. The van der Waals surface area contributed by atoms with Gasteiger partial charge in [-0.1, -0.05) is 0 Å². The molecule has 4 rings (SSSR count). The number of rotatable bonds is 3. The first-order valence-corrected chi connectivity index (χ1v) is 7.42. The van der Waals surface area contributed by atoms with E-state index in [9.17, 15) is 0 Å². The summed E-state index contributed by atoms with van der Waals surface area (Å²) >= 11 is 0. The average molecular weight is 286 g/mol. The van der Waals surface area contributed by atoms with E-state index in [1.165, 1.54) is 0 Å². The molecule has 1 N–H and O–H groups in total. The van der Waals surface area contributed by atoms with Gasteiger partial charge in [-0.05, 0) is 36.6 Å². The van der Waals surface area contributed by atoms with Gasteiger partial charge >= 0.3 is 0 Å².